The van der Waals surface area contributed by atoms with Crippen LogP contribution < -0.4 is 0 Å². The van der Waals surface area contributed by atoms with Gasteiger partial charge in [0.1, 0.15) is 0 Å². The number of alkyl halides is 1. The lowest BCUT2D eigenvalue weighted by molar-refractivity contribution is -0.165. The van der Waals surface area contributed by atoms with Gasteiger partial charge in [-0.05, 0) is 62.2 Å². The minimum Gasteiger partial charge on any atom is -0.341 e. The Bertz CT molecular complexity index is 374. The highest BCUT2D eigenvalue weighted by atomic mass is 79.9. The van der Waals surface area contributed by atoms with Gasteiger partial charge in [0.15, 0.2) is 0 Å². The van der Waals surface area contributed by atoms with Gasteiger partial charge in [0, 0.05) is 18.4 Å². The molecule has 2 atom stereocenters. The Morgan fingerprint density at radius 3 is 2.35 bits per heavy atom. The molecular formula is C17H28BrNO. The van der Waals surface area contributed by atoms with Gasteiger partial charge in [0.2, 0.25) is 5.91 Å². The molecule has 2 unspecified atom stereocenters. The molecule has 1 amide bonds. The number of nitrogens with zero attached hydrogens (tertiary/aromatic N) is 1. The topological polar surface area (TPSA) is 20.3 Å². The zero-order valence-corrected chi connectivity index (χ0v) is 14.5. The second-order valence-corrected chi connectivity index (χ2v) is 8.83. The van der Waals surface area contributed by atoms with Crippen molar-refractivity contribution in [3.8, 4) is 0 Å². The highest BCUT2D eigenvalue weighted by molar-refractivity contribution is 9.09. The Balaban J connectivity index is 1.82. The van der Waals surface area contributed by atoms with Crippen molar-refractivity contribution in [1.29, 1.82) is 0 Å². The third-order valence-electron chi connectivity index (χ3n) is 5.94. The van der Waals surface area contributed by atoms with E-state index in [-0.39, 0.29) is 5.41 Å². The Labute approximate surface area is 131 Å². The normalized spacial score (nSPS) is 42.0. The molecular weight excluding hydrogens is 314 g/mol. The number of hydrogen-bond acceptors (Lipinski definition) is 1. The SMILES string of the molecule is CCCN(CCBr)C(=O)C12CC3CC(CC(C)(C3)C1)C2. The molecule has 0 aromatic carbocycles. The lowest BCUT2D eigenvalue weighted by Crippen LogP contribution is -2.57. The molecule has 4 bridgehead atoms. The zero-order valence-electron chi connectivity index (χ0n) is 13.0. The molecule has 20 heavy (non-hydrogen) atoms. The van der Waals surface area contributed by atoms with Crippen LogP contribution in [0.5, 0.6) is 0 Å². The fourth-order valence-corrected chi connectivity index (χ4v) is 6.42. The summed E-state index contributed by atoms with van der Waals surface area (Å²) in [5.74, 6) is 2.15. The van der Waals surface area contributed by atoms with Gasteiger partial charge >= 0.3 is 0 Å². The smallest absolute Gasteiger partial charge is 0.228 e. The fraction of sp³-hybridized carbons (Fsp3) is 0.941. The predicted octanol–water partition coefficient (Wildman–Crippen LogP) is 4.23. The summed E-state index contributed by atoms with van der Waals surface area (Å²) in [4.78, 5) is 15.4. The van der Waals surface area contributed by atoms with E-state index in [1.807, 2.05) is 0 Å². The standard InChI is InChI=1S/C17H28BrNO/c1-3-5-19(6-4-18)15(20)17-10-13-7-14(11-17)9-16(2,8-13)12-17/h13-14H,3-12H2,1-2H3. The molecule has 0 aliphatic heterocycles. The third kappa shape index (κ3) is 2.44. The summed E-state index contributed by atoms with van der Waals surface area (Å²) >= 11 is 3.52. The number of hydrogen-bond donors (Lipinski definition) is 0. The first kappa shape index (κ1) is 14.9. The maximum absolute atomic E-state index is 13.2. The van der Waals surface area contributed by atoms with E-state index in [4.69, 9.17) is 0 Å². The summed E-state index contributed by atoms with van der Waals surface area (Å²) in [6.07, 6.45) is 8.75. The first-order chi connectivity index (χ1) is 9.50. The van der Waals surface area contributed by atoms with E-state index in [0.717, 1.165) is 43.1 Å². The molecule has 0 spiro atoms. The molecule has 4 aliphatic rings. The highest BCUT2D eigenvalue weighted by Crippen LogP contribution is 2.65. The second kappa shape index (κ2) is 5.30. The summed E-state index contributed by atoms with van der Waals surface area (Å²) < 4.78 is 0. The molecule has 0 radical (unpaired) electrons. The monoisotopic (exact) mass is 341 g/mol. The minimum absolute atomic E-state index is 0.0101. The van der Waals surface area contributed by atoms with Crippen LogP contribution in [-0.4, -0.2) is 29.2 Å². The molecule has 3 heteroatoms. The van der Waals surface area contributed by atoms with Gasteiger partial charge in [0.25, 0.3) is 0 Å². The number of halogens is 1. The molecule has 4 fully saturated rings. The summed E-state index contributed by atoms with van der Waals surface area (Å²) in [6.45, 7) is 6.43. The maximum Gasteiger partial charge on any atom is 0.228 e. The van der Waals surface area contributed by atoms with E-state index in [0.29, 0.717) is 11.3 Å². The minimum atomic E-state index is 0.0101. The average molecular weight is 342 g/mol. The van der Waals surface area contributed by atoms with Gasteiger partial charge in [-0.1, -0.05) is 29.8 Å². The largest absolute Gasteiger partial charge is 0.341 e. The van der Waals surface area contributed by atoms with Crippen LogP contribution in [0.3, 0.4) is 0 Å². The number of carbonyl (C=O) groups is 1. The van der Waals surface area contributed by atoms with Crippen LogP contribution in [0.15, 0.2) is 0 Å². The molecule has 114 valence electrons. The van der Waals surface area contributed by atoms with Crippen molar-refractivity contribution < 1.29 is 4.79 Å². The molecule has 0 aromatic rings. The lowest BCUT2D eigenvalue weighted by atomic mass is 9.44. The van der Waals surface area contributed by atoms with E-state index >= 15 is 0 Å². The van der Waals surface area contributed by atoms with E-state index in [9.17, 15) is 4.79 Å². The summed E-state index contributed by atoms with van der Waals surface area (Å²) in [5.41, 5.74) is 0.474. The van der Waals surface area contributed by atoms with Crippen LogP contribution in [-0.2, 0) is 4.79 Å². The molecule has 0 saturated heterocycles. The Morgan fingerprint density at radius 2 is 1.85 bits per heavy atom. The highest BCUT2D eigenvalue weighted by Gasteiger charge is 2.59. The number of carbonyl (C=O) groups excluding carboxylic acids is 1. The molecule has 0 N–H and O–H groups in total. The molecule has 2 nitrogen and oxygen atoms in total. The van der Waals surface area contributed by atoms with Crippen molar-refractivity contribution in [2.45, 2.75) is 58.8 Å². The first-order valence-electron chi connectivity index (χ1n) is 8.36. The van der Waals surface area contributed by atoms with Crippen LogP contribution >= 0.6 is 15.9 Å². The van der Waals surface area contributed by atoms with Crippen molar-refractivity contribution >= 4 is 21.8 Å². The number of rotatable bonds is 5. The lowest BCUT2D eigenvalue weighted by Gasteiger charge is -2.61. The molecule has 0 aromatic heterocycles. The summed E-state index contributed by atoms with van der Waals surface area (Å²) in [7, 11) is 0. The first-order valence-corrected chi connectivity index (χ1v) is 9.48. The van der Waals surface area contributed by atoms with E-state index < -0.39 is 0 Å². The van der Waals surface area contributed by atoms with Crippen LogP contribution in [0.4, 0.5) is 0 Å². The van der Waals surface area contributed by atoms with Crippen molar-refractivity contribution in [1.82, 2.24) is 4.90 Å². The Morgan fingerprint density at radius 1 is 1.20 bits per heavy atom. The van der Waals surface area contributed by atoms with Gasteiger partial charge in [-0.3, -0.25) is 4.79 Å². The predicted molar refractivity (Wildman–Crippen MR) is 85.9 cm³/mol. The van der Waals surface area contributed by atoms with E-state index in [1.165, 1.54) is 32.1 Å². The van der Waals surface area contributed by atoms with Gasteiger partial charge < -0.3 is 4.90 Å². The number of amides is 1. The van der Waals surface area contributed by atoms with Gasteiger partial charge in [-0.25, -0.2) is 0 Å². The van der Waals surface area contributed by atoms with E-state index in [1.54, 1.807) is 0 Å². The van der Waals surface area contributed by atoms with Crippen molar-refractivity contribution in [2.24, 2.45) is 22.7 Å². The van der Waals surface area contributed by atoms with Crippen LogP contribution in [0.1, 0.15) is 58.8 Å². The van der Waals surface area contributed by atoms with Crippen molar-refractivity contribution in [3.05, 3.63) is 0 Å². The Hall–Kier alpha value is -0.0500. The van der Waals surface area contributed by atoms with Gasteiger partial charge in [0.05, 0.1) is 5.41 Å². The van der Waals surface area contributed by atoms with Crippen molar-refractivity contribution in [3.63, 3.8) is 0 Å². The van der Waals surface area contributed by atoms with Gasteiger partial charge in [-0.2, -0.15) is 0 Å². The van der Waals surface area contributed by atoms with Crippen molar-refractivity contribution in [2.75, 3.05) is 18.4 Å². The van der Waals surface area contributed by atoms with Crippen LogP contribution in [0, 0.1) is 22.7 Å². The maximum atomic E-state index is 13.2. The fourth-order valence-electron chi connectivity index (χ4n) is 5.99. The quantitative estimate of drug-likeness (QED) is 0.685. The third-order valence-corrected chi connectivity index (χ3v) is 6.30. The van der Waals surface area contributed by atoms with E-state index in [2.05, 4.69) is 34.7 Å². The van der Waals surface area contributed by atoms with Gasteiger partial charge in [-0.15, -0.1) is 0 Å². The molecule has 4 saturated carbocycles. The average Bonchev–Trinajstić information content (AvgIpc) is 2.34. The molecule has 4 rings (SSSR count). The summed E-state index contributed by atoms with van der Waals surface area (Å²) in [6, 6.07) is 0. The molecule has 0 heterocycles. The zero-order chi connectivity index (χ0) is 14.4. The second-order valence-electron chi connectivity index (χ2n) is 8.03. The molecule has 4 aliphatic carbocycles. The summed E-state index contributed by atoms with van der Waals surface area (Å²) in [5, 5.41) is 0.902. The van der Waals surface area contributed by atoms with Crippen LogP contribution in [0.2, 0.25) is 0 Å². The Kier molecular flexibility index (Phi) is 3.94. The van der Waals surface area contributed by atoms with Crippen LogP contribution in [0.25, 0.3) is 0 Å².